The third kappa shape index (κ3) is 2.14. The van der Waals surface area contributed by atoms with Crippen LogP contribution in [0.5, 0.6) is 5.75 Å². The number of hydrogen-bond acceptors (Lipinski definition) is 4. The Kier molecular flexibility index (Phi) is 3.20. The Balaban J connectivity index is 2.35. The van der Waals surface area contributed by atoms with Crippen LogP contribution in [0.25, 0.3) is 0 Å². The van der Waals surface area contributed by atoms with Crippen LogP contribution in [-0.4, -0.2) is 30.1 Å². The van der Waals surface area contributed by atoms with E-state index in [0.717, 1.165) is 0 Å². The first-order chi connectivity index (χ1) is 8.52. The van der Waals surface area contributed by atoms with Crippen LogP contribution in [0.4, 0.5) is 5.69 Å². The van der Waals surface area contributed by atoms with Crippen LogP contribution in [0.1, 0.15) is 18.5 Å². The highest BCUT2D eigenvalue weighted by Gasteiger charge is 2.25. The lowest BCUT2D eigenvalue weighted by atomic mass is 10.1. The van der Waals surface area contributed by atoms with Gasteiger partial charge in [0.15, 0.2) is 6.10 Å². The summed E-state index contributed by atoms with van der Waals surface area (Å²) in [6.45, 7) is 1.64. The summed E-state index contributed by atoms with van der Waals surface area (Å²) in [4.78, 5) is 22.4. The number of carbonyl (C=O) groups excluding carboxylic acids is 1. The van der Waals surface area contributed by atoms with Gasteiger partial charge in [0.1, 0.15) is 11.8 Å². The van der Waals surface area contributed by atoms with Crippen LogP contribution in [0.2, 0.25) is 0 Å². The summed E-state index contributed by atoms with van der Waals surface area (Å²) in [6, 6.07) is 4.11. The van der Waals surface area contributed by atoms with Crippen molar-refractivity contribution < 1.29 is 19.4 Å². The van der Waals surface area contributed by atoms with Crippen molar-refractivity contribution in [2.45, 2.75) is 19.1 Å². The average molecular weight is 250 g/mol. The summed E-state index contributed by atoms with van der Waals surface area (Å²) in [5.74, 6) is -0.690. The lowest BCUT2D eigenvalue weighted by molar-refractivity contribution is -0.139. The maximum atomic E-state index is 11.4. The third-order valence-electron chi connectivity index (χ3n) is 2.81. The number of aliphatic carboxylic acids is 1. The quantitative estimate of drug-likeness (QED) is 0.736. The molecule has 0 radical (unpaired) electrons. The van der Waals surface area contributed by atoms with Crippen LogP contribution in [0.15, 0.2) is 18.2 Å². The number of carboxylic acid groups (broad SMARTS) is 1. The van der Waals surface area contributed by atoms with Gasteiger partial charge in [-0.1, -0.05) is 6.07 Å². The van der Waals surface area contributed by atoms with Gasteiger partial charge in [0.2, 0.25) is 0 Å². The molecule has 1 amide bonds. The second-order valence-corrected chi connectivity index (χ2v) is 4.06. The highest BCUT2D eigenvalue weighted by atomic mass is 16.5. The first kappa shape index (κ1) is 12.4. The number of rotatable bonds is 3. The number of ether oxygens (including phenoxy) is 1. The van der Waals surface area contributed by atoms with Gasteiger partial charge in [0.25, 0.3) is 5.91 Å². The second-order valence-electron chi connectivity index (χ2n) is 4.06. The van der Waals surface area contributed by atoms with E-state index < -0.39 is 18.1 Å². The van der Waals surface area contributed by atoms with E-state index in [4.69, 9.17) is 9.84 Å². The molecular formula is C12H14N2O4. The molecule has 0 fully saturated rings. The summed E-state index contributed by atoms with van der Waals surface area (Å²) < 4.78 is 5.43. The van der Waals surface area contributed by atoms with E-state index >= 15 is 0 Å². The fourth-order valence-corrected chi connectivity index (χ4v) is 1.83. The van der Waals surface area contributed by atoms with E-state index in [-0.39, 0.29) is 5.91 Å². The lowest BCUT2D eigenvalue weighted by Crippen LogP contribution is -2.34. The Morgan fingerprint density at radius 2 is 2.28 bits per heavy atom. The van der Waals surface area contributed by atoms with Gasteiger partial charge in [-0.25, -0.2) is 0 Å². The van der Waals surface area contributed by atoms with E-state index in [2.05, 4.69) is 10.6 Å². The minimum atomic E-state index is -0.967. The second kappa shape index (κ2) is 4.66. The van der Waals surface area contributed by atoms with Gasteiger partial charge in [0, 0.05) is 0 Å². The number of benzene rings is 1. The fourth-order valence-electron chi connectivity index (χ4n) is 1.83. The molecule has 3 N–H and O–H groups in total. The van der Waals surface area contributed by atoms with E-state index in [1.165, 1.54) is 0 Å². The summed E-state index contributed by atoms with van der Waals surface area (Å²) in [7, 11) is 1.57. The minimum Gasteiger partial charge on any atom is -0.480 e. The molecular weight excluding hydrogens is 236 g/mol. The molecule has 0 aromatic heterocycles. The molecule has 1 aliphatic rings. The normalized spacial score (nSPS) is 19.4. The molecule has 0 saturated carbocycles. The Bertz CT molecular complexity index is 501. The van der Waals surface area contributed by atoms with E-state index in [9.17, 15) is 9.59 Å². The van der Waals surface area contributed by atoms with Gasteiger partial charge in [-0.05, 0) is 31.7 Å². The standard InChI is InChI=1S/C12H14N2O4/c1-6-11(15)14-8-4-3-7(5-9(8)18-6)10(13-2)12(16)17/h3-6,10,13H,1-2H3,(H,14,15)(H,16,17). The fraction of sp³-hybridized carbons (Fsp3) is 0.333. The molecule has 0 bridgehead atoms. The van der Waals surface area contributed by atoms with Crippen LogP contribution in [0, 0.1) is 0 Å². The molecule has 1 aromatic carbocycles. The third-order valence-corrected chi connectivity index (χ3v) is 2.81. The lowest BCUT2D eigenvalue weighted by Gasteiger charge is -2.24. The maximum absolute atomic E-state index is 11.4. The van der Waals surface area contributed by atoms with E-state index in [1.807, 2.05) is 0 Å². The molecule has 1 aliphatic heterocycles. The molecule has 18 heavy (non-hydrogen) atoms. The molecule has 1 heterocycles. The Morgan fingerprint density at radius 1 is 1.56 bits per heavy atom. The Morgan fingerprint density at radius 3 is 2.89 bits per heavy atom. The van der Waals surface area contributed by atoms with Crippen molar-refractivity contribution in [3.05, 3.63) is 23.8 Å². The van der Waals surface area contributed by atoms with E-state index in [1.54, 1.807) is 32.2 Å². The Hall–Kier alpha value is -2.08. The van der Waals surface area contributed by atoms with Crippen molar-refractivity contribution in [1.82, 2.24) is 5.32 Å². The van der Waals surface area contributed by atoms with Gasteiger partial charge in [-0.15, -0.1) is 0 Å². The molecule has 2 rings (SSSR count). The highest BCUT2D eigenvalue weighted by molar-refractivity contribution is 5.97. The first-order valence-corrected chi connectivity index (χ1v) is 5.54. The maximum Gasteiger partial charge on any atom is 0.325 e. The van der Waals surface area contributed by atoms with Crippen molar-refractivity contribution >= 4 is 17.6 Å². The number of carbonyl (C=O) groups is 2. The number of carboxylic acids is 1. The highest BCUT2D eigenvalue weighted by Crippen LogP contribution is 2.32. The van der Waals surface area contributed by atoms with Crippen molar-refractivity contribution in [3.8, 4) is 5.75 Å². The molecule has 0 saturated heterocycles. The smallest absolute Gasteiger partial charge is 0.325 e. The molecule has 2 atom stereocenters. The van der Waals surface area contributed by atoms with Gasteiger partial charge in [-0.2, -0.15) is 0 Å². The predicted octanol–water partition coefficient (Wildman–Crippen LogP) is 0.751. The number of nitrogens with one attached hydrogen (secondary N) is 2. The SMILES string of the molecule is CNC(C(=O)O)c1ccc2c(c1)OC(C)C(=O)N2. The molecule has 1 aromatic rings. The van der Waals surface area contributed by atoms with Gasteiger partial charge in [-0.3, -0.25) is 9.59 Å². The monoisotopic (exact) mass is 250 g/mol. The molecule has 0 aliphatic carbocycles. The molecule has 6 nitrogen and oxygen atoms in total. The summed E-state index contributed by atoms with van der Waals surface area (Å²) in [5.41, 5.74) is 1.13. The largest absolute Gasteiger partial charge is 0.480 e. The van der Waals surface area contributed by atoms with Gasteiger partial charge >= 0.3 is 5.97 Å². The number of fused-ring (bicyclic) bond motifs is 1. The minimum absolute atomic E-state index is 0.210. The number of anilines is 1. The van der Waals surface area contributed by atoms with Crippen LogP contribution in [-0.2, 0) is 9.59 Å². The zero-order valence-corrected chi connectivity index (χ0v) is 10.1. The average Bonchev–Trinajstić information content (AvgIpc) is 2.31. The van der Waals surface area contributed by atoms with Crippen molar-refractivity contribution in [2.24, 2.45) is 0 Å². The van der Waals surface area contributed by atoms with Crippen molar-refractivity contribution in [3.63, 3.8) is 0 Å². The first-order valence-electron chi connectivity index (χ1n) is 5.54. The molecule has 6 heteroatoms. The molecule has 2 unspecified atom stereocenters. The number of amides is 1. The van der Waals surface area contributed by atoms with Crippen LogP contribution < -0.4 is 15.4 Å². The zero-order chi connectivity index (χ0) is 13.3. The summed E-state index contributed by atoms with van der Waals surface area (Å²) in [6.07, 6.45) is -0.578. The number of hydrogen-bond donors (Lipinski definition) is 3. The topological polar surface area (TPSA) is 87.7 Å². The number of likely N-dealkylation sites (N-methyl/N-ethyl adjacent to an activating group) is 1. The molecule has 0 spiro atoms. The van der Waals surface area contributed by atoms with Crippen molar-refractivity contribution in [2.75, 3.05) is 12.4 Å². The van der Waals surface area contributed by atoms with Crippen LogP contribution >= 0.6 is 0 Å². The van der Waals surface area contributed by atoms with E-state index in [0.29, 0.717) is 17.0 Å². The molecule has 96 valence electrons. The zero-order valence-electron chi connectivity index (χ0n) is 10.1. The van der Waals surface area contributed by atoms with Gasteiger partial charge in [0.05, 0.1) is 5.69 Å². The Labute approximate surface area is 104 Å². The van der Waals surface area contributed by atoms with Gasteiger partial charge < -0.3 is 20.5 Å². The van der Waals surface area contributed by atoms with Crippen LogP contribution in [0.3, 0.4) is 0 Å². The van der Waals surface area contributed by atoms with Crippen molar-refractivity contribution in [1.29, 1.82) is 0 Å². The summed E-state index contributed by atoms with van der Waals surface area (Å²) >= 11 is 0. The predicted molar refractivity (Wildman–Crippen MR) is 64.6 cm³/mol. The summed E-state index contributed by atoms with van der Waals surface area (Å²) in [5, 5.41) is 14.4.